The molecule has 0 spiro atoms. The molecule has 0 aromatic heterocycles. The van der Waals surface area contributed by atoms with Gasteiger partial charge >= 0.3 is 0 Å². The summed E-state index contributed by atoms with van der Waals surface area (Å²) in [7, 11) is 0. The SMILES string of the molecule is CCC(=O)c1cccc(C(=O)Nc2ccc(C(=O)c3ccccc3)cc2)c1. The molecular weight excluding hydrogens is 338 g/mol. The van der Waals surface area contributed by atoms with Crippen LogP contribution in [0, 0.1) is 0 Å². The zero-order chi connectivity index (χ0) is 19.2. The van der Waals surface area contributed by atoms with Crippen molar-refractivity contribution < 1.29 is 14.4 Å². The van der Waals surface area contributed by atoms with Crippen molar-refractivity contribution >= 4 is 23.2 Å². The molecule has 1 N–H and O–H groups in total. The summed E-state index contributed by atoms with van der Waals surface area (Å²) in [5.41, 5.74) is 2.69. The number of hydrogen-bond acceptors (Lipinski definition) is 3. The smallest absolute Gasteiger partial charge is 0.255 e. The molecule has 4 heteroatoms. The van der Waals surface area contributed by atoms with Crippen LogP contribution in [0.25, 0.3) is 0 Å². The number of benzene rings is 3. The number of ketones is 2. The summed E-state index contributed by atoms with van der Waals surface area (Å²) in [5.74, 6) is -0.379. The van der Waals surface area contributed by atoms with Crippen LogP contribution in [0.5, 0.6) is 0 Å². The van der Waals surface area contributed by atoms with Gasteiger partial charge in [0.1, 0.15) is 0 Å². The lowest BCUT2D eigenvalue weighted by Crippen LogP contribution is -2.13. The van der Waals surface area contributed by atoms with Crippen LogP contribution in [0.2, 0.25) is 0 Å². The fourth-order valence-electron chi connectivity index (χ4n) is 2.70. The molecule has 1 amide bonds. The summed E-state index contributed by atoms with van der Waals surface area (Å²) >= 11 is 0. The molecule has 0 saturated heterocycles. The maximum absolute atomic E-state index is 12.4. The number of rotatable bonds is 6. The highest BCUT2D eigenvalue weighted by Gasteiger charge is 2.11. The molecule has 0 saturated carbocycles. The highest BCUT2D eigenvalue weighted by atomic mass is 16.2. The Labute approximate surface area is 157 Å². The Hall–Kier alpha value is -3.53. The lowest BCUT2D eigenvalue weighted by molar-refractivity contribution is 0.0987. The highest BCUT2D eigenvalue weighted by molar-refractivity contribution is 6.10. The molecule has 0 unspecified atom stereocenters. The third-order valence-corrected chi connectivity index (χ3v) is 4.21. The van der Waals surface area contributed by atoms with E-state index in [0.29, 0.717) is 34.4 Å². The van der Waals surface area contributed by atoms with Gasteiger partial charge in [0.15, 0.2) is 11.6 Å². The predicted octanol–water partition coefficient (Wildman–Crippen LogP) is 4.76. The standard InChI is InChI=1S/C23H19NO3/c1-2-21(25)18-9-6-10-19(15-18)23(27)24-20-13-11-17(12-14-20)22(26)16-7-4-3-5-8-16/h3-15H,2H2,1H3,(H,24,27). The minimum Gasteiger partial charge on any atom is -0.322 e. The van der Waals surface area contributed by atoms with Crippen molar-refractivity contribution in [2.24, 2.45) is 0 Å². The van der Waals surface area contributed by atoms with Gasteiger partial charge in [-0.15, -0.1) is 0 Å². The van der Waals surface area contributed by atoms with Crippen LogP contribution in [-0.2, 0) is 0 Å². The summed E-state index contributed by atoms with van der Waals surface area (Å²) in [6.45, 7) is 1.79. The number of hydrogen-bond donors (Lipinski definition) is 1. The zero-order valence-electron chi connectivity index (χ0n) is 14.9. The summed E-state index contributed by atoms with van der Waals surface area (Å²) in [6, 6.07) is 22.4. The van der Waals surface area contributed by atoms with Crippen LogP contribution in [-0.4, -0.2) is 17.5 Å². The summed E-state index contributed by atoms with van der Waals surface area (Å²) < 4.78 is 0. The first-order chi connectivity index (χ1) is 13.1. The monoisotopic (exact) mass is 357 g/mol. The number of amides is 1. The van der Waals surface area contributed by atoms with E-state index in [-0.39, 0.29) is 17.5 Å². The largest absolute Gasteiger partial charge is 0.322 e. The molecule has 27 heavy (non-hydrogen) atoms. The molecule has 0 heterocycles. The van der Waals surface area contributed by atoms with Gasteiger partial charge in [0.05, 0.1) is 0 Å². The van der Waals surface area contributed by atoms with E-state index in [9.17, 15) is 14.4 Å². The average Bonchev–Trinajstić information content (AvgIpc) is 2.74. The van der Waals surface area contributed by atoms with Gasteiger partial charge in [-0.1, -0.05) is 49.4 Å². The minimum atomic E-state index is -0.303. The topological polar surface area (TPSA) is 63.2 Å². The predicted molar refractivity (Wildman–Crippen MR) is 105 cm³/mol. The number of carbonyl (C=O) groups is 3. The van der Waals surface area contributed by atoms with Crippen molar-refractivity contribution in [2.45, 2.75) is 13.3 Å². The van der Waals surface area contributed by atoms with Crippen molar-refractivity contribution in [3.05, 3.63) is 101 Å². The van der Waals surface area contributed by atoms with E-state index >= 15 is 0 Å². The molecule has 3 aromatic carbocycles. The Morgan fingerprint density at radius 1 is 0.704 bits per heavy atom. The molecule has 3 aromatic rings. The molecule has 0 radical (unpaired) electrons. The van der Waals surface area contributed by atoms with Crippen LogP contribution < -0.4 is 5.32 Å². The van der Waals surface area contributed by atoms with Crippen molar-refractivity contribution in [3.8, 4) is 0 Å². The summed E-state index contributed by atoms with van der Waals surface area (Å²) in [6.07, 6.45) is 0.391. The number of anilines is 1. The second-order valence-electron chi connectivity index (χ2n) is 6.08. The molecule has 0 aliphatic heterocycles. The van der Waals surface area contributed by atoms with Gasteiger partial charge in [-0.3, -0.25) is 14.4 Å². The molecular formula is C23H19NO3. The van der Waals surface area contributed by atoms with Crippen LogP contribution in [0.15, 0.2) is 78.9 Å². The first kappa shape index (κ1) is 18.3. The molecule has 0 bridgehead atoms. The van der Waals surface area contributed by atoms with E-state index < -0.39 is 0 Å². The van der Waals surface area contributed by atoms with Gasteiger partial charge in [0.25, 0.3) is 5.91 Å². The molecule has 0 aliphatic rings. The maximum atomic E-state index is 12.4. The van der Waals surface area contributed by atoms with Crippen LogP contribution in [0.1, 0.15) is 50.0 Å². The van der Waals surface area contributed by atoms with Gasteiger partial charge in [0, 0.05) is 34.4 Å². The third-order valence-electron chi connectivity index (χ3n) is 4.21. The fraction of sp³-hybridized carbons (Fsp3) is 0.0870. The second kappa shape index (κ2) is 8.23. The maximum Gasteiger partial charge on any atom is 0.255 e. The summed E-state index contributed by atoms with van der Waals surface area (Å²) in [4.78, 5) is 36.6. The van der Waals surface area contributed by atoms with Crippen LogP contribution in [0.4, 0.5) is 5.69 Å². The number of nitrogens with one attached hydrogen (secondary N) is 1. The Bertz CT molecular complexity index is 976. The molecule has 0 fully saturated rings. The van der Waals surface area contributed by atoms with Crippen molar-refractivity contribution in [1.82, 2.24) is 0 Å². The van der Waals surface area contributed by atoms with Gasteiger partial charge in [-0.25, -0.2) is 0 Å². The van der Waals surface area contributed by atoms with Gasteiger partial charge in [-0.05, 0) is 36.4 Å². The van der Waals surface area contributed by atoms with E-state index in [1.807, 2.05) is 18.2 Å². The number of carbonyl (C=O) groups excluding carboxylic acids is 3. The van der Waals surface area contributed by atoms with Crippen LogP contribution in [0.3, 0.4) is 0 Å². The highest BCUT2D eigenvalue weighted by Crippen LogP contribution is 2.15. The Morgan fingerprint density at radius 2 is 1.30 bits per heavy atom. The zero-order valence-corrected chi connectivity index (χ0v) is 14.9. The molecule has 0 atom stereocenters. The molecule has 134 valence electrons. The number of Topliss-reactive ketones (excluding diaryl/α,β-unsaturated/α-hetero) is 1. The normalized spacial score (nSPS) is 10.3. The van der Waals surface area contributed by atoms with Crippen molar-refractivity contribution in [1.29, 1.82) is 0 Å². The Kier molecular flexibility index (Phi) is 5.57. The third kappa shape index (κ3) is 4.36. The average molecular weight is 357 g/mol. The Balaban J connectivity index is 1.72. The van der Waals surface area contributed by atoms with E-state index in [2.05, 4.69) is 5.32 Å². The molecule has 4 nitrogen and oxygen atoms in total. The quantitative estimate of drug-likeness (QED) is 0.647. The van der Waals surface area contributed by atoms with Crippen molar-refractivity contribution in [3.63, 3.8) is 0 Å². The van der Waals surface area contributed by atoms with Gasteiger partial charge in [-0.2, -0.15) is 0 Å². The van der Waals surface area contributed by atoms with Gasteiger partial charge in [0.2, 0.25) is 0 Å². The second-order valence-corrected chi connectivity index (χ2v) is 6.08. The first-order valence-corrected chi connectivity index (χ1v) is 8.73. The van der Waals surface area contributed by atoms with E-state index in [1.165, 1.54) is 0 Å². The Morgan fingerprint density at radius 3 is 1.96 bits per heavy atom. The minimum absolute atomic E-state index is 0.00609. The lowest BCUT2D eigenvalue weighted by Gasteiger charge is -2.08. The van der Waals surface area contributed by atoms with Crippen molar-refractivity contribution in [2.75, 3.05) is 5.32 Å². The molecule has 0 aliphatic carbocycles. The molecule has 3 rings (SSSR count). The first-order valence-electron chi connectivity index (χ1n) is 8.73. The van der Waals surface area contributed by atoms with E-state index in [1.54, 1.807) is 67.6 Å². The lowest BCUT2D eigenvalue weighted by atomic mass is 10.0. The van der Waals surface area contributed by atoms with E-state index in [4.69, 9.17) is 0 Å². The van der Waals surface area contributed by atoms with E-state index in [0.717, 1.165) is 0 Å². The summed E-state index contributed by atoms with van der Waals surface area (Å²) in [5, 5.41) is 2.79. The fourth-order valence-corrected chi connectivity index (χ4v) is 2.70. The van der Waals surface area contributed by atoms with Crippen LogP contribution >= 0.6 is 0 Å². The van der Waals surface area contributed by atoms with Gasteiger partial charge < -0.3 is 5.32 Å².